The normalized spacial score (nSPS) is 17.0. The van der Waals surface area contributed by atoms with E-state index in [9.17, 15) is 0 Å². The first-order valence-electron chi connectivity index (χ1n) is 11.8. The Bertz CT molecular complexity index is 514. The summed E-state index contributed by atoms with van der Waals surface area (Å²) in [6, 6.07) is 8.80. The maximum Gasteiger partial charge on any atom is 0.119 e. The van der Waals surface area contributed by atoms with E-state index < -0.39 is 0 Å². The molecule has 0 radical (unpaired) electrons. The van der Waals surface area contributed by atoms with Crippen LogP contribution >= 0.6 is 0 Å². The van der Waals surface area contributed by atoms with E-state index in [4.69, 9.17) is 4.74 Å². The number of benzene rings is 1. The van der Waals surface area contributed by atoms with Gasteiger partial charge in [-0.15, -0.1) is 0 Å². The zero-order chi connectivity index (χ0) is 19.2. The van der Waals surface area contributed by atoms with Crippen molar-refractivity contribution >= 4 is 5.57 Å². The molecule has 1 unspecified atom stereocenters. The lowest BCUT2D eigenvalue weighted by Gasteiger charge is -2.22. The molecule has 0 amide bonds. The van der Waals surface area contributed by atoms with E-state index in [0.29, 0.717) is 0 Å². The second-order valence-corrected chi connectivity index (χ2v) is 8.36. The predicted molar refractivity (Wildman–Crippen MR) is 119 cm³/mol. The van der Waals surface area contributed by atoms with Crippen LogP contribution in [-0.2, 0) is 0 Å². The van der Waals surface area contributed by atoms with Crippen LogP contribution in [0.25, 0.3) is 5.57 Å². The quantitative estimate of drug-likeness (QED) is 0.298. The summed E-state index contributed by atoms with van der Waals surface area (Å²) in [4.78, 5) is 0. The molecule has 0 aliphatic heterocycles. The van der Waals surface area contributed by atoms with Crippen molar-refractivity contribution in [3.8, 4) is 5.75 Å². The minimum atomic E-state index is 0.849. The molecule has 0 bridgehead atoms. The van der Waals surface area contributed by atoms with Crippen molar-refractivity contribution in [3.05, 3.63) is 35.9 Å². The Morgan fingerprint density at radius 1 is 0.815 bits per heavy atom. The fourth-order valence-corrected chi connectivity index (χ4v) is 4.11. The molecule has 1 atom stereocenters. The largest absolute Gasteiger partial charge is 0.494 e. The van der Waals surface area contributed by atoms with Crippen LogP contribution in [0.4, 0.5) is 0 Å². The van der Waals surface area contributed by atoms with Gasteiger partial charge in [-0.1, -0.05) is 96.3 Å². The van der Waals surface area contributed by atoms with Gasteiger partial charge in [-0.3, -0.25) is 0 Å². The van der Waals surface area contributed by atoms with Crippen molar-refractivity contribution in [1.82, 2.24) is 0 Å². The number of unbranched alkanes of at least 4 members (excludes halogenated alkanes) is 8. The molecule has 1 aliphatic rings. The molecule has 27 heavy (non-hydrogen) atoms. The minimum absolute atomic E-state index is 0.849. The van der Waals surface area contributed by atoms with Gasteiger partial charge in [0, 0.05) is 0 Å². The molecule has 0 saturated heterocycles. The molecule has 0 N–H and O–H groups in total. The first kappa shape index (κ1) is 22.1. The monoisotopic (exact) mass is 370 g/mol. The van der Waals surface area contributed by atoms with E-state index in [1.54, 1.807) is 5.57 Å². The zero-order valence-corrected chi connectivity index (χ0v) is 18.0. The smallest absolute Gasteiger partial charge is 0.119 e. The standard InChI is InChI=1S/C26H42O/c1-3-5-7-9-10-11-13-23-14-16-24(17-15-23)25-18-20-26(21-19-25)27-22-12-8-6-4-2/h16,18-21,23H,3-15,17,22H2,1-2H3. The van der Waals surface area contributed by atoms with Gasteiger partial charge in [-0.25, -0.2) is 0 Å². The highest BCUT2D eigenvalue weighted by molar-refractivity contribution is 5.66. The van der Waals surface area contributed by atoms with Crippen LogP contribution in [0.1, 0.15) is 109 Å². The molecule has 2 rings (SSSR count). The van der Waals surface area contributed by atoms with Crippen LogP contribution in [0.15, 0.2) is 30.3 Å². The molecule has 1 nitrogen and oxygen atoms in total. The molecule has 1 aromatic carbocycles. The Morgan fingerprint density at radius 2 is 1.48 bits per heavy atom. The summed E-state index contributed by atoms with van der Waals surface area (Å²) in [5, 5.41) is 0. The molecule has 0 saturated carbocycles. The van der Waals surface area contributed by atoms with Crippen molar-refractivity contribution in [1.29, 1.82) is 0 Å². The Kier molecular flexibility index (Phi) is 11.3. The molecule has 1 heteroatoms. The number of hydrogen-bond acceptors (Lipinski definition) is 1. The predicted octanol–water partition coefficient (Wildman–Crippen LogP) is 8.58. The number of allylic oxidation sites excluding steroid dienone is 2. The van der Waals surface area contributed by atoms with E-state index in [0.717, 1.165) is 18.3 Å². The lowest BCUT2D eigenvalue weighted by Crippen LogP contribution is -2.05. The Hall–Kier alpha value is -1.24. The van der Waals surface area contributed by atoms with E-state index in [-0.39, 0.29) is 0 Å². The maximum atomic E-state index is 5.87. The molecule has 1 aromatic rings. The molecule has 1 aliphatic carbocycles. The maximum absolute atomic E-state index is 5.87. The lowest BCUT2D eigenvalue weighted by molar-refractivity contribution is 0.305. The molecule has 0 heterocycles. The number of rotatable bonds is 14. The first-order valence-corrected chi connectivity index (χ1v) is 11.8. The SMILES string of the molecule is CCCCCCCCC1CC=C(c2ccc(OCCCCCC)cc2)CC1. The number of hydrogen-bond donors (Lipinski definition) is 0. The molecule has 0 spiro atoms. The van der Waals surface area contributed by atoms with E-state index >= 15 is 0 Å². The summed E-state index contributed by atoms with van der Waals surface area (Å²) in [6.07, 6.45) is 21.4. The summed E-state index contributed by atoms with van der Waals surface area (Å²) in [5.41, 5.74) is 2.94. The third kappa shape index (κ3) is 9.00. The average Bonchev–Trinajstić information content (AvgIpc) is 2.71. The summed E-state index contributed by atoms with van der Waals surface area (Å²) in [6.45, 7) is 5.39. The van der Waals surface area contributed by atoms with Gasteiger partial charge >= 0.3 is 0 Å². The summed E-state index contributed by atoms with van der Waals surface area (Å²) >= 11 is 0. The molecule has 0 aromatic heterocycles. The van der Waals surface area contributed by atoms with Crippen molar-refractivity contribution < 1.29 is 4.74 Å². The molecule has 0 fully saturated rings. The van der Waals surface area contributed by atoms with Gasteiger partial charge in [-0.2, -0.15) is 0 Å². The van der Waals surface area contributed by atoms with Crippen molar-refractivity contribution in [2.75, 3.05) is 6.61 Å². The second kappa shape index (κ2) is 13.9. The molecular formula is C26H42O. The second-order valence-electron chi connectivity index (χ2n) is 8.36. The van der Waals surface area contributed by atoms with Crippen LogP contribution < -0.4 is 4.74 Å². The van der Waals surface area contributed by atoms with Gasteiger partial charge in [-0.05, 0) is 54.9 Å². The van der Waals surface area contributed by atoms with Crippen molar-refractivity contribution in [3.63, 3.8) is 0 Å². The van der Waals surface area contributed by atoms with Crippen molar-refractivity contribution in [2.24, 2.45) is 5.92 Å². The fraction of sp³-hybridized carbons (Fsp3) is 0.692. The lowest BCUT2D eigenvalue weighted by atomic mass is 9.84. The highest BCUT2D eigenvalue weighted by atomic mass is 16.5. The van der Waals surface area contributed by atoms with Gasteiger partial charge in [0.1, 0.15) is 5.75 Å². The Balaban J connectivity index is 1.65. The Labute approximate surface area is 168 Å². The third-order valence-electron chi connectivity index (χ3n) is 5.98. The van der Waals surface area contributed by atoms with Crippen LogP contribution in [0.3, 0.4) is 0 Å². The zero-order valence-electron chi connectivity index (χ0n) is 18.0. The summed E-state index contributed by atoms with van der Waals surface area (Å²) < 4.78 is 5.87. The van der Waals surface area contributed by atoms with Crippen LogP contribution in [0, 0.1) is 5.92 Å². The average molecular weight is 371 g/mol. The molecular weight excluding hydrogens is 328 g/mol. The topological polar surface area (TPSA) is 9.23 Å². The van der Waals surface area contributed by atoms with Crippen LogP contribution in [0.5, 0.6) is 5.75 Å². The Morgan fingerprint density at radius 3 is 2.15 bits per heavy atom. The van der Waals surface area contributed by atoms with Gasteiger partial charge in [0.05, 0.1) is 6.61 Å². The first-order chi connectivity index (χ1) is 13.3. The molecule has 152 valence electrons. The fourth-order valence-electron chi connectivity index (χ4n) is 4.11. The summed E-state index contributed by atoms with van der Waals surface area (Å²) in [5.74, 6) is 1.94. The van der Waals surface area contributed by atoms with Crippen molar-refractivity contribution in [2.45, 2.75) is 104 Å². The van der Waals surface area contributed by atoms with Gasteiger partial charge in [0.15, 0.2) is 0 Å². The highest BCUT2D eigenvalue weighted by Gasteiger charge is 2.15. The van der Waals surface area contributed by atoms with Gasteiger partial charge < -0.3 is 4.74 Å². The van der Waals surface area contributed by atoms with E-state index in [1.807, 2.05) is 0 Å². The highest BCUT2D eigenvalue weighted by Crippen LogP contribution is 2.33. The third-order valence-corrected chi connectivity index (χ3v) is 5.98. The van der Waals surface area contributed by atoms with E-state index in [1.165, 1.54) is 95.5 Å². The van der Waals surface area contributed by atoms with Gasteiger partial charge in [0.2, 0.25) is 0 Å². The minimum Gasteiger partial charge on any atom is -0.494 e. The van der Waals surface area contributed by atoms with E-state index in [2.05, 4.69) is 44.2 Å². The van der Waals surface area contributed by atoms with Gasteiger partial charge in [0.25, 0.3) is 0 Å². The number of ether oxygens (including phenoxy) is 1. The van der Waals surface area contributed by atoms with Crippen LogP contribution in [-0.4, -0.2) is 6.61 Å². The summed E-state index contributed by atoms with van der Waals surface area (Å²) in [7, 11) is 0. The van der Waals surface area contributed by atoms with Crippen LogP contribution in [0.2, 0.25) is 0 Å².